The van der Waals surface area contributed by atoms with E-state index in [1.807, 2.05) is 26.0 Å². The van der Waals surface area contributed by atoms with Crippen LogP contribution in [0.5, 0.6) is 0 Å². The summed E-state index contributed by atoms with van der Waals surface area (Å²) in [5, 5.41) is 2.86. The van der Waals surface area contributed by atoms with E-state index in [-0.39, 0.29) is 5.91 Å². The highest BCUT2D eigenvalue weighted by Crippen LogP contribution is 2.14. The molecule has 0 fully saturated rings. The molecule has 0 saturated heterocycles. The molecule has 1 aromatic rings. The van der Waals surface area contributed by atoms with Gasteiger partial charge in [0.25, 0.3) is 0 Å². The lowest BCUT2D eigenvalue weighted by Crippen LogP contribution is -2.11. The third kappa shape index (κ3) is 4.34. The van der Waals surface area contributed by atoms with Crippen LogP contribution < -0.4 is 5.32 Å². The molecule has 0 aromatic heterocycles. The van der Waals surface area contributed by atoms with Crippen LogP contribution in [0.2, 0.25) is 0 Å². The number of hydrogen-bond donors (Lipinski definition) is 1. The summed E-state index contributed by atoms with van der Waals surface area (Å²) >= 11 is 5.52. The van der Waals surface area contributed by atoms with Crippen LogP contribution in [-0.4, -0.2) is 11.8 Å². The van der Waals surface area contributed by atoms with E-state index in [1.165, 1.54) is 0 Å². The van der Waals surface area contributed by atoms with E-state index in [4.69, 9.17) is 11.6 Å². The van der Waals surface area contributed by atoms with E-state index >= 15 is 0 Å². The Bertz CT molecular complexity index is 329. The van der Waals surface area contributed by atoms with E-state index in [0.29, 0.717) is 12.3 Å². The van der Waals surface area contributed by atoms with Crippen molar-refractivity contribution in [2.24, 2.45) is 0 Å². The second-order valence-electron chi connectivity index (χ2n) is 3.72. The molecule has 0 saturated carbocycles. The first-order valence-corrected chi connectivity index (χ1v) is 5.59. The fourth-order valence-corrected chi connectivity index (χ4v) is 1.63. The molecule has 0 unspecified atom stereocenters. The Balaban J connectivity index is 2.60. The standard InChI is InChI=1S/C12H16ClNO/c1-9-6-10(2)8-11(7-9)14-12(15)4-3-5-13/h6-8H,3-5H2,1-2H3,(H,14,15). The zero-order chi connectivity index (χ0) is 11.3. The highest BCUT2D eigenvalue weighted by Gasteiger charge is 2.02. The van der Waals surface area contributed by atoms with E-state index in [0.717, 1.165) is 23.2 Å². The third-order valence-electron chi connectivity index (χ3n) is 2.04. The number of alkyl halides is 1. The molecule has 1 rings (SSSR count). The van der Waals surface area contributed by atoms with Gasteiger partial charge >= 0.3 is 0 Å². The Morgan fingerprint density at radius 2 is 1.87 bits per heavy atom. The summed E-state index contributed by atoms with van der Waals surface area (Å²) in [5.74, 6) is 0.556. The van der Waals surface area contributed by atoms with Gasteiger partial charge in [0.05, 0.1) is 0 Å². The van der Waals surface area contributed by atoms with Gasteiger partial charge in [0.15, 0.2) is 0 Å². The second kappa shape index (κ2) is 5.76. The van der Waals surface area contributed by atoms with Crippen molar-refractivity contribution >= 4 is 23.2 Å². The van der Waals surface area contributed by atoms with Gasteiger partial charge in [0.2, 0.25) is 5.91 Å². The highest BCUT2D eigenvalue weighted by molar-refractivity contribution is 6.18. The number of hydrogen-bond acceptors (Lipinski definition) is 1. The predicted molar refractivity (Wildman–Crippen MR) is 64.5 cm³/mol. The molecule has 82 valence electrons. The number of amides is 1. The molecule has 0 heterocycles. The predicted octanol–water partition coefficient (Wildman–Crippen LogP) is 3.26. The zero-order valence-electron chi connectivity index (χ0n) is 9.14. The normalized spacial score (nSPS) is 10.1. The van der Waals surface area contributed by atoms with Crippen LogP contribution in [0.25, 0.3) is 0 Å². The van der Waals surface area contributed by atoms with Crippen molar-refractivity contribution in [3.8, 4) is 0 Å². The number of halogens is 1. The van der Waals surface area contributed by atoms with Gasteiger partial charge in [0, 0.05) is 18.0 Å². The monoisotopic (exact) mass is 225 g/mol. The van der Waals surface area contributed by atoms with Crippen LogP contribution in [0.1, 0.15) is 24.0 Å². The summed E-state index contributed by atoms with van der Waals surface area (Å²) in [5.41, 5.74) is 3.18. The third-order valence-corrected chi connectivity index (χ3v) is 2.31. The van der Waals surface area contributed by atoms with E-state index in [9.17, 15) is 4.79 Å². The number of benzene rings is 1. The smallest absolute Gasteiger partial charge is 0.224 e. The SMILES string of the molecule is Cc1cc(C)cc(NC(=O)CCCCl)c1. The first kappa shape index (κ1) is 12.1. The molecule has 1 aromatic carbocycles. The lowest BCUT2D eigenvalue weighted by Gasteiger charge is -2.06. The fourth-order valence-electron chi connectivity index (χ4n) is 1.50. The summed E-state index contributed by atoms with van der Waals surface area (Å²) in [6.45, 7) is 4.03. The molecule has 0 radical (unpaired) electrons. The number of carbonyl (C=O) groups excluding carboxylic acids is 1. The molecule has 0 spiro atoms. The summed E-state index contributed by atoms with van der Waals surface area (Å²) < 4.78 is 0. The summed E-state index contributed by atoms with van der Waals surface area (Å²) in [6, 6.07) is 6.01. The number of carbonyl (C=O) groups is 1. The average molecular weight is 226 g/mol. The fraction of sp³-hybridized carbons (Fsp3) is 0.417. The van der Waals surface area contributed by atoms with Crippen LogP contribution in [0.15, 0.2) is 18.2 Å². The molecule has 0 aliphatic heterocycles. The van der Waals surface area contributed by atoms with E-state index < -0.39 is 0 Å². The van der Waals surface area contributed by atoms with Gasteiger partial charge in [-0.3, -0.25) is 4.79 Å². The van der Waals surface area contributed by atoms with Gasteiger partial charge in [0.1, 0.15) is 0 Å². The van der Waals surface area contributed by atoms with Crippen molar-refractivity contribution in [3.63, 3.8) is 0 Å². The number of nitrogens with one attached hydrogen (secondary N) is 1. The second-order valence-corrected chi connectivity index (χ2v) is 4.10. The van der Waals surface area contributed by atoms with Gasteiger partial charge in [-0.05, 0) is 43.5 Å². The van der Waals surface area contributed by atoms with Crippen molar-refractivity contribution in [2.45, 2.75) is 26.7 Å². The minimum absolute atomic E-state index is 0.0284. The Kier molecular flexibility index (Phi) is 4.63. The minimum Gasteiger partial charge on any atom is -0.326 e. The first-order valence-electron chi connectivity index (χ1n) is 5.06. The summed E-state index contributed by atoms with van der Waals surface area (Å²) in [4.78, 5) is 11.4. The molecule has 0 bridgehead atoms. The first-order chi connectivity index (χ1) is 7.11. The molecule has 1 N–H and O–H groups in total. The van der Waals surface area contributed by atoms with Gasteiger partial charge in [-0.15, -0.1) is 11.6 Å². The Morgan fingerprint density at radius 1 is 1.27 bits per heavy atom. The van der Waals surface area contributed by atoms with Crippen molar-refractivity contribution < 1.29 is 4.79 Å². The summed E-state index contributed by atoms with van der Waals surface area (Å²) in [7, 11) is 0. The Morgan fingerprint density at radius 3 is 2.40 bits per heavy atom. The number of anilines is 1. The van der Waals surface area contributed by atoms with Crippen molar-refractivity contribution in [1.29, 1.82) is 0 Å². The molecular formula is C12H16ClNO. The highest BCUT2D eigenvalue weighted by atomic mass is 35.5. The Hall–Kier alpha value is -1.02. The van der Waals surface area contributed by atoms with Crippen LogP contribution in [0.4, 0.5) is 5.69 Å². The van der Waals surface area contributed by atoms with Crippen molar-refractivity contribution in [1.82, 2.24) is 0 Å². The van der Waals surface area contributed by atoms with Gasteiger partial charge in [-0.1, -0.05) is 6.07 Å². The number of aryl methyl sites for hydroxylation is 2. The van der Waals surface area contributed by atoms with Crippen molar-refractivity contribution in [2.75, 3.05) is 11.2 Å². The molecule has 0 atom stereocenters. The van der Waals surface area contributed by atoms with Crippen molar-refractivity contribution in [3.05, 3.63) is 29.3 Å². The average Bonchev–Trinajstić information content (AvgIpc) is 2.13. The lowest BCUT2D eigenvalue weighted by atomic mass is 10.1. The molecule has 3 heteroatoms. The minimum atomic E-state index is 0.0284. The van der Waals surface area contributed by atoms with Gasteiger partial charge < -0.3 is 5.32 Å². The molecule has 15 heavy (non-hydrogen) atoms. The van der Waals surface area contributed by atoms with Gasteiger partial charge in [-0.2, -0.15) is 0 Å². The zero-order valence-corrected chi connectivity index (χ0v) is 9.90. The van der Waals surface area contributed by atoms with Crippen LogP contribution in [0.3, 0.4) is 0 Å². The molecule has 0 aliphatic rings. The lowest BCUT2D eigenvalue weighted by molar-refractivity contribution is -0.116. The maximum absolute atomic E-state index is 11.4. The Labute approximate surface area is 95.6 Å². The molecule has 0 aliphatic carbocycles. The maximum atomic E-state index is 11.4. The summed E-state index contributed by atoms with van der Waals surface area (Å²) in [6.07, 6.45) is 1.20. The number of rotatable bonds is 4. The molecule has 1 amide bonds. The molecule has 2 nitrogen and oxygen atoms in total. The quantitative estimate of drug-likeness (QED) is 0.783. The van der Waals surface area contributed by atoms with Crippen LogP contribution in [0, 0.1) is 13.8 Å². The van der Waals surface area contributed by atoms with E-state index in [1.54, 1.807) is 0 Å². The van der Waals surface area contributed by atoms with Gasteiger partial charge in [-0.25, -0.2) is 0 Å². The largest absolute Gasteiger partial charge is 0.326 e. The maximum Gasteiger partial charge on any atom is 0.224 e. The molecular weight excluding hydrogens is 210 g/mol. The van der Waals surface area contributed by atoms with Crippen LogP contribution >= 0.6 is 11.6 Å². The topological polar surface area (TPSA) is 29.1 Å². The van der Waals surface area contributed by atoms with E-state index in [2.05, 4.69) is 11.4 Å². The van der Waals surface area contributed by atoms with Crippen LogP contribution in [-0.2, 0) is 4.79 Å².